The van der Waals surface area contributed by atoms with Crippen LogP contribution in [0.3, 0.4) is 0 Å². The number of piperidine rings is 1. The molecular formula is C15H22ClN3O. The van der Waals surface area contributed by atoms with Crippen LogP contribution in [0.4, 0.5) is 5.69 Å². The summed E-state index contributed by atoms with van der Waals surface area (Å²) in [6, 6.07) is 7.55. The zero-order chi connectivity index (χ0) is 14.5. The van der Waals surface area contributed by atoms with Gasteiger partial charge in [0.15, 0.2) is 0 Å². The molecule has 1 heterocycles. The van der Waals surface area contributed by atoms with Gasteiger partial charge in [-0.2, -0.15) is 0 Å². The van der Waals surface area contributed by atoms with Crippen molar-refractivity contribution in [1.29, 1.82) is 0 Å². The number of carbonyl (C=O) groups is 1. The summed E-state index contributed by atoms with van der Waals surface area (Å²) >= 11 is 5.84. The second-order valence-electron chi connectivity index (χ2n) is 5.29. The monoisotopic (exact) mass is 295 g/mol. The van der Waals surface area contributed by atoms with Gasteiger partial charge in [-0.05, 0) is 57.6 Å². The van der Waals surface area contributed by atoms with Crippen molar-refractivity contribution in [3.63, 3.8) is 0 Å². The molecule has 1 aromatic rings. The molecule has 2 N–H and O–H groups in total. The molecule has 0 saturated carbocycles. The summed E-state index contributed by atoms with van der Waals surface area (Å²) < 4.78 is 0. The smallest absolute Gasteiger partial charge is 0.241 e. The largest absolute Gasteiger partial charge is 0.325 e. The highest BCUT2D eigenvalue weighted by Crippen LogP contribution is 2.16. The Labute approximate surface area is 125 Å². The molecule has 1 fully saturated rings. The quantitative estimate of drug-likeness (QED) is 0.896. The summed E-state index contributed by atoms with van der Waals surface area (Å²) in [5.41, 5.74) is 0.786. The standard InChI is InChI=1S/C15H22ClN3O/c1-11(19-9-3-4-14(10-19)17-2)15(20)18-13-7-5-12(16)6-8-13/h5-8,11,14,17H,3-4,9-10H2,1-2H3,(H,18,20). The van der Waals surface area contributed by atoms with Crippen molar-refractivity contribution >= 4 is 23.2 Å². The van der Waals surface area contributed by atoms with Crippen LogP contribution in [0.25, 0.3) is 0 Å². The first-order chi connectivity index (χ1) is 9.60. The Hall–Kier alpha value is -1.10. The molecule has 0 aliphatic carbocycles. The van der Waals surface area contributed by atoms with E-state index in [1.165, 1.54) is 6.42 Å². The molecule has 0 aromatic heterocycles. The van der Waals surface area contributed by atoms with Crippen molar-refractivity contribution in [2.75, 3.05) is 25.5 Å². The van der Waals surface area contributed by atoms with E-state index in [2.05, 4.69) is 15.5 Å². The van der Waals surface area contributed by atoms with Gasteiger partial charge >= 0.3 is 0 Å². The second-order valence-corrected chi connectivity index (χ2v) is 5.73. The highest BCUT2D eigenvalue weighted by molar-refractivity contribution is 6.30. The van der Waals surface area contributed by atoms with Gasteiger partial charge in [-0.1, -0.05) is 11.6 Å². The number of likely N-dealkylation sites (tertiary alicyclic amines) is 1. The van der Waals surface area contributed by atoms with E-state index in [1.54, 1.807) is 12.1 Å². The Morgan fingerprint density at radius 3 is 2.75 bits per heavy atom. The van der Waals surface area contributed by atoms with E-state index >= 15 is 0 Å². The third-order valence-corrected chi connectivity index (χ3v) is 4.15. The zero-order valence-corrected chi connectivity index (χ0v) is 12.8. The van der Waals surface area contributed by atoms with Crippen LogP contribution in [-0.4, -0.2) is 43.0 Å². The van der Waals surface area contributed by atoms with Crippen LogP contribution in [0.1, 0.15) is 19.8 Å². The molecule has 2 rings (SSSR count). The van der Waals surface area contributed by atoms with Crippen molar-refractivity contribution in [1.82, 2.24) is 10.2 Å². The number of hydrogen-bond acceptors (Lipinski definition) is 3. The van der Waals surface area contributed by atoms with E-state index in [0.29, 0.717) is 11.1 Å². The van der Waals surface area contributed by atoms with Crippen LogP contribution in [-0.2, 0) is 4.79 Å². The van der Waals surface area contributed by atoms with Crippen molar-refractivity contribution < 1.29 is 4.79 Å². The number of carbonyl (C=O) groups excluding carboxylic acids is 1. The number of benzene rings is 1. The number of rotatable bonds is 4. The summed E-state index contributed by atoms with van der Waals surface area (Å²) in [5.74, 6) is 0.0316. The summed E-state index contributed by atoms with van der Waals surface area (Å²) in [5, 5.41) is 6.91. The Kier molecular flexibility index (Phi) is 5.40. The molecule has 1 aromatic carbocycles. The average Bonchev–Trinajstić information content (AvgIpc) is 2.48. The predicted octanol–water partition coefficient (Wildman–Crippen LogP) is 2.35. The minimum atomic E-state index is -0.123. The zero-order valence-electron chi connectivity index (χ0n) is 12.0. The number of anilines is 1. The number of nitrogens with one attached hydrogen (secondary N) is 2. The average molecular weight is 296 g/mol. The molecule has 20 heavy (non-hydrogen) atoms. The lowest BCUT2D eigenvalue weighted by Gasteiger charge is -2.35. The van der Waals surface area contributed by atoms with Gasteiger partial charge in [0.2, 0.25) is 5.91 Å². The summed E-state index contributed by atoms with van der Waals surface area (Å²) in [6.45, 7) is 3.86. The van der Waals surface area contributed by atoms with E-state index in [0.717, 1.165) is 25.2 Å². The maximum Gasteiger partial charge on any atom is 0.241 e. The molecule has 110 valence electrons. The Morgan fingerprint density at radius 1 is 1.40 bits per heavy atom. The van der Waals surface area contributed by atoms with E-state index < -0.39 is 0 Å². The number of amides is 1. The van der Waals surface area contributed by atoms with E-state index in [9.17, 15) is 4.79 Å². The van der Waals surface area contributed by atoms with Crippen molar-refractivity contribution in [2.45, 2.75) is 31.8 Å². The summed E-state index contributed by atoms with van der Waals surface area (Å²) in [4.78, 5) is 14.5. The number of halogens is 1. The highest BCUT2D eigenvalue weighted by Gasteiger charge is 2.26. The van der Waals surface area contributed by atoms with Gasteiger partial charge in [0, 0.05) is 23.3 Å². The van der Waals surface area contributed by atoms with Crippen LogP contribution in [0.5, 0.6) is 0 Å². The molecule has 1 aliphatic heterocycles. The van der Waals surface area contributed by atoms with Gasteiger partial charge < -0.3 is 10.6 Å². The van der Waals surface area contributed by atoms with Gasteiger partial charge in [0.05, 0.1) is 6.04 Å². The minimum Gasteiger partial charge on any atom is -0.325 e. The Bertz CT molecular complexity index is 449. The van der Waals surface area contributed by atoms with Crippen molar-refractivity contribution in [3.8, 4) is 0 Å². The van der Waals surface area contributed by atoms with Gasteiger partial charge in [0.1, 0.15) is 0 Å². The molecule has 1 saturated heterocycles. The summed E-state index contributed by atoms with van der Waals surface area (Å²) in [6.07, 6.45) is 2.31. The SMILES string of the molecule is CNC1CCCN(C(C)C(=O)Nc2ccc(Cl)cc2)C1. The van der Waals surface area contributed by atoms with E-state index in [4.69, 9.17) is 11.6 Å². The van der Waals surface area contributed by atoms with Crippen LogP contribution in [0.2, 0.25) is 5.02 Å². The lowest BCUT2D eigenvalue weighted by molar-refractivity contribution is -0.121. The van der Waals surface area contributed by atoms with Gasteiger partial charge in [-0.3, -0.25) is 9.69 Å². The predicted molar refractivity (Wildman–Crippen MR) is 83.2 cm³/mol. The number of likely N-dealkylation sites (N-methyl/N-ethyl adjacent to an activating group) is 1. The van der Waals surface area contributed by atoms with Gasteiger partial charge in [0.25, 0.3) is 0 Å². The minimum absolute atomic E-state index is 0.0316. The molecule has 2 unspecified atom stereocenters. The summed E-state index contributed by atoms with van der Waals surface area (Å²) in [7, 11) is 1.98. The lowest BCUT2D eigenvalue weighted by atomic mass is 10.0. The number of hydrogen-bond donors (Lipinski definition) is 2. The fourth-order valence-electron chi connectivity index (χ4n) is 2.54. The first kappa shape index (κ1) is 15.3. The molecule has 2 atom stereocenters. The molecule has 0 bridgehead atoms. The molecule has 1 aliphatic rings. The first-order valence-corrected chi connectivity index (χ1v) is 7.45. The topological polar surface area (TPSA) is 44.4 Å². The lowest BCUT2D eigenvalue weighted by Crippen LogP contribution is -2.51. The maximum atomic E-state index is 12.3. The van der Waals surface area contributed by atoms with E-state index in [1.807, 2.05) is 26.1 Å². The van der Waals surface area contributed by atoms with Crippen LogP contribution in [0, 0.1) is 0 Å². The first-order valence-electron chi connectivity index (χ1n) is 7.08. The van der Waals surface area contributed by atoms with Crippen molar-refractivity contribution in [2.24, 2.45) is 0 Å². The Balaban J connectivity index is 1.92. The third kappa shape index (κ3) is 3.95. The second kappa shape index (κ2) is 7.07. The molecule has 5 heteroatoms. The van der Waals surface area contributed by atoms with Crippen LogP contribution < -0.4 is 10.6 Å². The molecule has 1 amide bonds. The fraction of sp³-hybridized carbons (Fsp3) is 0.533. The normalized spacial score (nSPS) is 21.4. The van der Waals surface area contributed by atoms with E-state index in [-0.39, 0.29) is 11.9 Å². The third-order valence-electron chi connectivity index (χ3n) is 3.90. The molecule has 0 radical (unpaired) electrons. The fourth-order valence-corrected chi connectivity index (χ4v) is 2.67. The van der Waals surface area contributed by atoms with Gasteiger partial charge in [-0.25, -0.2) is 0 Å². The Morgan fingerprint density at radius 2 is 2.10 bits per heavy atom. The molecule has 0 spiro atoms. The molecule has 4 nitrogen and oxygen atoms in total. The number of nitrogens with zero attached hydrogens (tertiary/aromatic N) is 1. The van der Waals surface area contributed by atoms with Crippen LogP contribution in [0.15, 0.2) is 24.3 Å². The highest BCUT2D eigenvalue weighted by atomic mass is 35.5. The van der Waals surface area contributed by atoms with Crippen molar-refractivity contribution in [3.05, 3.63) is 29.3 Å². The van der Waals surface area contributed by atoms with Gasteiger partial charge in [-0.15, -0.1) is 0 Å². The molecular weight excluding hydrogens is 274 g/mol. The van der Waals surface area contributed by atoms with Crippen LogP contribution >= 0.6 is 11.6 Å². The maximum absolute atomic E-state index is 12.3.